The Morgan fingerprint density at radius 3 is 2.76 bits per heavy atom. The number of guanidine groups is 1. The Morgan fingerprint density at radius 1 is 1.28 bits per heavy atom. The van der Waals surface area contributed by atoms with Crippen molar-refractivity contribution < 1.29 is 4.79 Å². The molecule has 0 bridgehead atoms. The zero-order chi connectivity index (χ0) is 19.9. The van der Waals surface area contributed by atoms with Crippen LogP contribution >= 0.6 is 35.6 Å². The maximum absolute atomic E-state index is 12.8. The van der Waals surface area contributed by atoms with Crippen LogP contribution in [0.5, 0.6) is 0 Å². The summed E-state index contributed by atoms with van der Waals surface area (Å²) in [5, 5.41) is 4.02. The Bertz CT molecular complexity index is 833. The van der Waals surface area contributed by atoms with Gasteiger partial charge < -0.3 is 15.1 Å². The predicted molar refractivity (Wildman–Crippen MR) is 128 cm³/mol. The van der Waals surface area contributed by atoms with Crippen molar-refractivity contribution in [2.24, 2.45) is 4.99 Å². The lowest BCUT2D eigenvalue weighted by atomic mass is 10.1. The highest BCUT2D eigenvalue weighted by molar-refractivity contribution is 14.0. The van der Waals surface area contributed by atoms with Gasteiger partial charge in [-0.15, -0.1) is 24.0 Å². The van der Waals surface area contributed by atoms with Crippen LogP contribution in [0.4, 0.5) is 0 Å². The van der Waals surface area contributed by atoms with Crippen molar-refractivity contribution in [1.82, 2.24) is 20.1 Å². The van der Waals surface area contributed by atoms with Crippen molar-refractivity contribution in [2.45, 2.75) is 25.9 Å². The van der Waals surface area contributed by atoms with E-state index in [1.807, 2.05) is 47.4 Å². The minimum absolute atomic E-state index is 0. The lowest BCUT2D eigenvalue weighted by molar-refractivity contribution is -0.134. The number of amides is 1. The molecule has 1 unspecified atom stereocenters. The summed E-state index contributed by atoms with van der Waals surface area (Å²) in [5.41, 5.74) is 1.91. The smallest absolute Gasteiger partial charge is 0.227 e. The van der Waals surface area contributed by atoms with Crippen molar-refractivity contribution in [3.63, 3.8) is 0 Å². The number of nitrogens with zero attached hydrogens (tertiary/aromatic N) is 4. The molecule has 1 aromatic carbocycles. The van der Waals surface area contributed by atoms with Gasteiger partial charge in [-0.05, 0) is 36.8 Å². The molecule has 1 aromatic heterocycles. The summed E-state index contributed by atoms with van der Waals surface area (Å²) in [6, 6.07) is 13.4. The average molecular weight is 528 g/mol. The summed E-state index contributed by atoms with van der Waals surface area (Å²) in [7, 11) is 1.78. The molecule has 1 aliphatic rings. The van der Waals surface area contributed by atoms with Crippen LogP contribution in [0.15, 0.2) is 53.7 Å². The summed E-state index contributed by atoms with van der Waals surface area (Å²) >= 11 is 6.03. The first-order valence-corrected chi connectivity index (χ1v) is 9.84. The molecular weight excluding hydrogens is 501 g/mol. The Morgan fingerprint density at radius 2 is 2.10 bits per heavy atom. The minimum Gasteiger partial charge on any atom is -0.351 e. The van der Waals surface area contributed by atoms with E-state index in [2.05, 4.69) is 27.1 Å². The van der Waals surface area contributed by atoms with Gasteiger partial charge in [0, 0.05) is 43.9 Å². The number of aliphatic imine (C=N–C) groups is 1. The summed E-state index contributed by atoms with van der Waals surface area (Å²) in [4.78, 5) is 25.6. The van der Waals surface area contributed by atoms with Crippen LogP contribution in [0.1, 0.15) is 18.2 Å². The lowest BCUT2D eigenvalue weighted by Crippen LogP contribution is -2.57. The highest BCUT2D eigenvalue weighted by Crippen LogP contribution is 2.15. The van der Waals surface area contributed by atoms with Crippen molar-refractivity contribution >= 4 is 47.4 Å². The standard InChI is InChI=1S/C21H26ClN5O.HI/c1-16-15-26(21(23-2)25-14-19-8-3-4-9-24-19)10-11-27(16)20(28)13-17-6-5-7-18(22)12-17;/h3-9,12,16H,10-11,13-15H2,1-2H3,(H,23,25);1H. The van der Waals surface area contributed by atoms with Crippen LogP contribution in [0.3, 0.4) is 0 Å². The molecular formula is C21H27ClIN5O. The van der Waals surface area contributed by atoms with Gasteiger partial charge >= 0.3 is 0 Å². The maximum atomic E-state index is 12.8. The molecule has 8 heteroatoms. The highest BCUT2D eigenvalue weighted by atomic mass is 127. The molecule has 0 spiro atoms. The molecule has 0 aliphatic carbocycles. The molecule has 1 amide bonds. The Balaban J connectivity index is 0.00000300. The van der Waals surface area contributed by atoms with Crippen molar-refractivity contribution in [3.8, 4) is 0 Å². The number of hydrogen-bond acceptors (Lipinski definition) is 3. The largest absolute Gasteiger partial charge is 0.351 e. The number of nitrogens with one attached hydrogen (secondary N) is 1. The van der Waals surface area contributed by atoms with Gasteiger partial charge in [-0.25, -0.2) is 0 Å². The first-order valence-electron chi connectivity index (χ1n) is 9.46. The molecule has 29 heavy (non-hydrogen) atoms. The number of piperazine rings is 1. The fraction of sp³-hybridized carbons (Fsp3) is 0.381. The fourth-order valence-electron chi connectivity index (χ4n) is 3.45. The van der Waals surface area contributed by atoms with E-state index in [-0.39, 0.29) is 35.9 Å². The second-order valence-electron chi connectivity index (χ2n) is 6.91. The van der Waals surface area contributed by atoms with E-state index in [1.165, 1.54) is 0 Å². The van der Waals surface area contributed by atoms with Crippen LogP contribution in [0, 0.1) is 0 Å². The zero-order valence-corrected chi connectivity index (χ0v) is 19.8. The average Bonchev–Trinajstić information content (AvgIpc) is 2.69. The third-order valence-electron chi connectivity index (χ3n) is 4.86. The zero-order valence-electron chi connectivity index (χ0n) is 16.7. The summed E-state index contributed by atoms with van der Waals surface area (Å²) in [6.07, 6.45) is 2.16. The molecule has 1 atom stereocenters. The van der Waals surface area contributed by atoms with Gasteiger partial charge in [-0.3, -0.25) is 14.8 Å². The van der Waals surface area contributed by atoms with E-state index >= 15 is 0 Å². The van der Waals surface area contributed by atoms with E-state index in [0.717, 1.165) is 30.3 Å². The Hall–Kier alpha value is -1.87. The SMILES string of the molecule is CN=C(NCc1ccccn1)N1CCN(C(=O)Cc2cccc(Cl)c2)C(C)C1.I. The normalized spacial score (nSPS) is 16.9. The number of pyridine rings is 1. The number of rotatable bonds is 4. The molecule has 1 fully saturated rings. The van der Waals surface area contributed by atoms with Gasteiger partial charge in [-0.2, -0.15) is 0 Å². The molecule has 0 radical (unpaired) electrons. The highest BCUT2D eigenvalue weighted by Gasteiger charge is 2.28. The van der Waals surface area contributed by atoms with E-state index < -0.39 is 0 Å². The number of benzene rings is 1. The van der Waals surface area contributed by atoms with Gasteiger partial charge in [0.2, 0.25) is 5.91 Å². The van der Waals surface area contributed by atoms with Crippen molar-refractivity contribution in [2.75, 3.05) is 26.7 Å². The molecule has 156 valence electrons. The Kier molecular flexibility index (Phi) is 9.16. The first kappa shape index (κ1) is 23.4. The van der Waals surface area contributed by atoms with Crippen LogP contribution in [0.25, 0.3) is 0 Å². The van der Waals surface area contributed by atoms with E-state index in [0.29, 0.717) is 24.5 Å². The first-order chi connectivity index (χ1) is 13.6. The van der Waals surface area contributed by atoms with E-state index in [1.54, 1.807) is 13.2 Å². The topological polar surface area (TPSA) is 60.8 Å². The van der Waals surface area contributed by atoms with Crippen LogP contribution < -0.4 is 5.32 Å². The Labute approximate surface area is 194 Å². The summed E-state index contributed by atoms with van der Waals surface area (Å²) in [5.74, 6) is 0.963. The number of carbonyl (C=O) groups is 1. The van der Waals surface area contributed by atoms with Gasteiger partial charge in [0.05, 0.1) is 18.7 Å². The molecule has 1 N–H and O–H groups in total. The third kappa shape index (κ3) is 6.57. The van der Waals surface area contributed by atoms with Gasteiger partial charge in [-0.1, -0.05) is 29.8 Å². The number of hydrogen-bond donors (Lipinski definition) is 1. The molecule has 3 rings (SSSR count). The predicted octanol–water partition coefficient (Wildman–Crippen LogP) is 3.20. The fourth-order valence-corrected chi connectivity index (χ4v) is 3.66. The molecule has 2 aromatic rings. The monoisotopic (exact) mass is 527 g/mol. The van der Waals surface area contributed by atoms with Crippen molar-refractivity contribution in [1.29, 1.82) is 0 Å². The molecule has 0 saturated carbocycles. The third-order valence-corrected chi connectivity index (χ3v) is 5.09. The molecule has 2 heterocycles. The van der Waals surface area contributed by atoms with Crippen LogP contribution in [0.2, 0.25) is 5.02 Å². The molecule has 1 saturated heterocycles. The number of aromatic nitrogens is 1. The van der Waals surface area contributed by atoms with E-state index in [9.17, 15) is 4.79 Å². The quantitative estimate of drug-likeness (QED) is 0.377. The molecule has 6 nitrogen and oxygen atoms in total. The van der Waals surface area contributed by atoms with Crippen molar-refractivity contribution in [3.05, 3.63) is 64.9 Å². The second kappa shape index (κ2) is 11.3. The summed E-state index contributed by atoms with van der Waals surface area (Å²) in [6.45, 7) is 4.85. The van der Waals surface area contributed by atoms with Gasteiger partial charge in [0.15, 0.2) is 5.96 Å². The molecule has 1 aliphatic heterocycles. The van der Waals surface area contributed by atoms with Gasteiger partial charge in [0.1, 0.15) is 0 Å². The lowest BCUT2D eigenvalue weighted by Gasteiger charge is -2.41. The van der Waals surface area contributed by atoms with Crippen LogP contribution in [-0.2, 0) is 17.8 Å². The van der Waals surface area contributed by atoms with Crippen LogP contribution in [-0.4, -0.2) is 59.4 Å². The minimum atomic E-state index is 0. The van der Waals surface area contributed by atoms with E-state index in [4.69, 9.17) is 11.6 Å². The number of halogens is 2. The second-order valence-corrected chi connectivity index (χ2v) is 7.35. The summed E-state index contributed by atoms with van der Waals surface area (Å²) < 4.78 is 0. The number of carbonyl (C=O) groups excluding carboxylic acids is 1. The maximum Gasteiger partial charge on any atom is 0.227 e. The van der Waals surface area contributed by atoms with Gasteiger partial charge in [0.25, 0.3) is 0 Å².